The van der Waals surface area contributed by atoms with E-state index >= 15 is 0 Å². The minimum atomic E-state index is -0.665. The molecule has 2 rings (SSSR count). The Morgan fingerprint density at radius 2 is 1.55 bits per heavy atom. The van der Waals surface area contributed by atoms with E-state index in [9.17, 15) is 14.4 Å². The maximum atomic E-state index is 12.2. The van der Waals surface area contributed by atoms with Crippen molar-refractivity contribution >= 4 is 17.7 Å². The number of rotatable bonds is 5. The molecule has 0 bridgehead atoms. The molecule has 5 N–H and O–H groups in total. The Kier molecular flexibility index (Phi) is 4.53. The first-order valence-electron chi connectivity index (χ1n) is 6.55. The van der Waals surface area contributed by atoms with E-state index in [2.05, 4.69) is 5.32 Å². The molecular weight excluding hydrogens is 282 g/mol. The molecule has 0 unspecified atom stereocenters. The first-order chi connectivity index (χ1) is 10.5. The van der Waals surface area contributed by atoms with Crippen LogP contribution >= 0.6 is 0 Å². The maximum Gasteiger partial charge on any atom is 0.252 e. The standard InChI is InChI=1S/C16H15N3O3/c17-14(20)11-5-3-4-10(8-11)9-19-16(22)13-7-2-1-6-12(13)15(18)21/h1-8H,9H2,(H2,17,20)(H2,18,21)(H,19,22). The van der Waals surface area contributed by atoms with Crippen molar-refractivity contribution < 1.29 is 14.4 Å². The van der Waals surface area contributed by atoms with Gasteiger partial charge in [0.2, 0.25) is 11.8 Å². The average molecular weight is 297 g/mol. The molecule has 0 fully saturated rings. The van der Waals surface area contributed by atoms with Crippen molar-refractivity contribution in [1.82, 2.24) is 5.32 Å². The summed E-state index contributed by atoms with van der Waals surface area (Å²) in [5.41, 5.74) is 11.9. The molecule has 0 aromatic heterocycles. The van der Waals surface area contributed by atoms with Crippen molar-refractivity contribution in [3.8, 4) is 0 Å². The van der Waals surface area contributed by atoms with Crippen molar-refractivity contribution in [2.45, 2.75) is 6.54 Å². The highest BCUT2D eigenvalue weighted by Crippen LogP contribution is 2.09. The predicted octanol–water partition coefficient (Wildman–Crippen LogP) is 0.814. The van der Waals surface area contributed by atoms with Gasteiger partial charge < -0.3 is 16.8 Å². The number of primary amides is 2. The quantitative estimate of drug-likeness (QED) is 0.758. The van der Waals surface area contributed by atoms with Crippen LogP contribution < -0.4 is 16.8 Å². The van der Waals surface area contributed by atoms with E-state index < -0.39 is 17.7 Å². The summed E-state index contributed by atoms with van der Waals surface area (Å²) in [5, 5.41) is 2.68. The van der Waals surface area contributed by atoms with Crippen molar-refractivity contribution in [3.63, 3.8) is 0 Å². The monoisotopic (exact) mass is 297 g/mol. The summed E-state index contributed by atoms with van der Waals surface area (Å²) in [5.74, 6) is -1.62. The van der Waals surface area contributed by atoms with Crippen LogP contribution in [0.1, 0.15) is 36.6 Å². The molecule has 0 atom stereocenters. The van der Waals surface area contributed by atoms with Crippen LogP contribution in [0.3, 0.4) is 0 Å². The van der Waals surface area contributed by atoms with E-state index in [0.29, 0.717) is 5.56 Å². The SMILES string of the molecule is NC(=O)c1cccc(CNC(=O)c2ccccc2C(N)=O)c1. The summed E-state index contributed by atoms with van der Waals surface area (Å²) in [6, 6.07) is 12.9. The molecule has 0 saturated carbocycles. The highest BCUT2D eigenvalue weighted by atomic mass is 16.2. The van der Waals surface area contributed by atoms with Gasteiger partial charge in [-0.3, -0.25) is 14.4 Å². The first-order valence-corrected chi connectivity index (χ1v) is 6.55. The number of amides is 3. The second-order valence-electron chi connectivity index (χ2n) is 4.66. The third kappa shape index (κ3) is 3.49. The molecule has 0 saturated heterocycles. The Hall–Kier alpha value is -3.15. The summed E-state index contributed by atoms with van der Waals surface area (Å²) in [6.45, 7) is 0.201. The lowest BCUT2D eigenvalue weighted by Gasteiger charge is -2.08. The van der Waals surface area contributed by atoms with Crippen LogP contribution in [0.4, 0.5) is 0 Å². The first kappa shape index (κ1) is 15.2. The average Bonchev–Trinajstić information content (AvgIpc) is 2.52. The van der Waals surface area contributed by atoms with Gasteiger partial charge in [-0.05, 0) is 29.8 Å². The molecule has 2 aromatic rings. The van der Waals surface area contributed by atoms with Gasteiger partial charge in [0.25, 0.3) is 5.91 Å². The minimum Gasteiger partial charge on any atom is -0.366 e. The molecule has 112 valence electrons. The van der Waals surface area contributed by atoms with Crippen LogP contribution in [0.2, 0.25) is 0 Å². The number of nitrogens with two attached hydrogens (primary N) is 2. The van der Waals surface area contributed by atoms with Crippen LogP contribution in [0, 0.1) is 0 Å². The van der Waals surface area contributed by atoms with Crippen LogP contribution in [0.25, 0.3) is 0 Å². The van der Waals surface area contributed by atoms with E-state index in [0.717, 1.165) is 5.56 Å². The van der Waals surface area contributed by atoms with Gasteiger partial charge in [0.15, 0.2) is 0 Å². The van der Waals surface area contributed by atoms with Gasteiger partial charge in [-0.15, -0.1) is 0 Å². The fourth-order valence-corrected chi connectivity index (χ4v) is 2.01. The lowest BCUT2D eigenvalue weighted by Crippen LogP contribution is -2.26. The Morgan fingerprint density at radius 1 is 0.864 bits per heavy atom. The second-order valence-corrected chi connectivity index (χ2v) is 4.66. The van der Waals surface area contributed by atoms with Gasteiger partial charge >= 0.3 is 0 Å². The van der Waals surface area contributed by atoms with Crippen LogP contribution in [0.15, 0.2) is 48.5 Å². The summed E-state index contributed by atoms with van der Waals surface area (Å²) < 4.78 is 0. The third-order valence-electron chi connectivity index (χ3n) is 3.10. The van der Waals surface area contributed by atoms with Crippen molar-refractivity contribution in [1.29, 1.82) is 0 Å². The van der Waals surface area contributed by atoms with Crippen LogP contribution in [-0.4, -0.2) is 17.7 Å². The fourth-order valence-electron chi connectivity index (χ4n) is 2.01. The summed E-state index contributed by atoms with van der Waals surface area (Å²) in [4.78, 5) is 34.6. The van der Waals surface area contributed by atoms with Crippen LogP contribution in [-0.2, 0) is 6.54 Å². The maximum absolute atomic E-state index is 12.2. The second kappa shape index (κ2) is 6.53. The van der Waals surface area contributed by atoms with E-state index in [1.54, 1.807) is 36.4 Å². The smallest absolute Gasteiger partial charge is 0.252 e. The number of hydrogen-bond donors (Lipinski definition) is 3. The summed E-state index contributed by atoms with van der Waals surface area (Å²) in [7, 11) is 0. The molecule has 2 aromatic carbocycles. The molecule has 22 heavy (non-hydrogen) atoms. The number of nitrogens with one attached hydrogen (secondary N) is 1. The number of carbonyl (C=O) groups excluding carboxylic acids is 3. The Labute approximate surface area is 127 Å². The Balaban J connectivity index is 2.12. The predicted molar refractivity (Wildman–Crippen MR) is 81.1 cm³/mol. The largest absolute Gasteiger partial charge is 0.366 e. The van der Waals surface area contributed by atoms with Gasteiger partial charge in [-0.25, -0.2) is 0 Å². The normalized spacial score (nSPS) is 10.0. The molecule has 0 radical (unpaired) electrons. The van der Waals surface area contributed by atoms with E-state index in [1.165, 1.54) is 12.1 Å². The van der Waals surface area contributed by atoms with Crippen molar-refractivity contribution in [2.24, 2.45) is 11.5 Å². The summed E-state index contributed by atoms with van der Waals surface area (Å²) in [6.07, 6.45) is 0. The highest BCUT2D eigenvalue weighted by molar-refractivity contribution is 6.06. The highest BCUT2D eigenvalue weighted by Gasteiger charge is 2.14. The number of benzene rings is 2. The molecule has 6 heteroatoms. The molecule has 0 aliphatic rings. The Morgan fingerprint density at radius 3 is 2.18 bits per heavy atom. The molecule has 6 nitrogen and oxygen atoms in total. The van der Waals surface area contributed by atoms with E-state index in [4.69, 9.17) is 11.5 Å². The van der Waals surface area contributed by atoms with Gasteiger partial charge in [-0.1, -0.05) is 24.3 Å². The zero-order valence-electron chi connectivity index (χ0n) is 11.7. The Bertz CT molecular complexity index is 741. The van der Waals surface area contributed by atoms with Crippen LogP contribution in [0.5, 0.6) is 0 Å². The lowest BCUT2D eigenvalue weighted by molar-refractivity contribution is 0.0934. The van der Waals surface area contributed by atoms with Gasteiger partial charge in [-0.2, -0.15) is 0 Å². The molecule has 3 amide bonds. The lowest BCUT2D eigenvalue weighted by atomic mass is 10.1. The topological polar surface area (TPSA) is 115 Å². The van der Waals surface area contributed by atoms with Gasteiger partial charge in [0.05, 0.1) is 11.1 Å². The van der Waals surface area contributed by atoms with Gasteiger partial charge in [0.1, 0.15) is 0 Å². The van der Waals surface area contributed by atoms with Crippen molar-refractivity contribution in [2.75, 3.05) is 0 Å². The third-order valence-corrected chi connectivity index (χ3v) is 3.10. The van der Waals surface area contributed by atoms with Gasteiger partial charge in [0, 0.05) is 12.1 Å². The zero-order chi connectivity index (χ0) is 16.1. The zero-order valence-corrected chi connectivity index (χ0v) is 11.7. The number of carbonyl (C=O) groups is 3. The molecule has 0 heterocycles. The molecular formula is C16H15N3O3. The van der Waals surface area contributed by atoms with Crippen molar-refractivity contribution in [3.05, 3.63) is 70.8 Å². The molecule has 0 spiro atoms. The van der Waals surface area contributed by atoms with E-state index in [-0.39, 0.29) is 17.7 Å². The fraction of sp³-hybridized carbons (Fsp3) is 0.0625. The summed E-state index contributed by atoms with van der Waals surface area (Å²) >= 11 is 0. The minimum absolute atomic E-state index is 0.158. The molecule has 0 aliphatic heterocycles. The van der Waals surface area contributed by atoms with E-state index in [1.807, 2.05) is 0 Å². The number of hydrogen-bond acceptors (Lipinski definition) is 3. The molecule has 0 aliphatic carbocycles.